The molecule has 0 bridgehead atoms. The second kappa shape index (κ2) is 2.44. The van der Waals surface area contributed by atoms with Crippen molar-refractivity contribution in [3.63, 3.8) is 0 Å². The van der Waals surface area contributed by atoms with E-state index in [9.17, 15) is 4.79 Å². The number of pyridine rings is 2. The van der Waals surface area contributed by atoms with Crippen LogP contribution in [0.15, 0.2) is 35.4 Å². The number of hydrogen-bond donors (Lipinski definition) is 1. The third kappa shape index (κ3) is 1.09. The molecule has 0 amide bonds. The van der Waals surface area contributed by atoms with Crippen LogP contribution in [0, 0.1) is 0 Å². The van der Waals surface area contributed by atoms with Crippen LogP contribution in [-0.2, 0) is 7.05 Å². The van der Waals surface area contributed by atoms with Crippen molar-refractivity contribution in [1.29, 1.82) is 0 Å². The Morgan fingerprint density at radius 3 is 3.00 bits per heavy atom. The summed E-state index contributed by atoms with van der Waals surface area (Å²) < 4.78 is 1.95. The van der Waals surface area contributed by atoms with Gasteiger partial charge in [0.2, 0.25) is 5.56 Å². The Balaban J connectivity index is 2.87. The fourth-order valence-electron chi connectivity index (χ4n) is 1.21. The van der Waals surface area contributed by atoms with Gasteiger partial charge in [0.1, 0.15) is 7.05 Å². The summed E-state index contributed by atoms with van der Waals surface area (Å²) in [5.74, 6) is 0. The van der Waals surface area contributed by atoms with E-state index in [-0.39, 0.29) is 5.56 Å². The standard InChI is InChI=1S/C9H8N2O/c1-11-5-4-8-7(6-11)2-3-9(12)10-8/h2-6H,1H3/p+1. The van der Waals surface area contributed by atoms with Crippen molar-refractivity contribution >= 4 is 10.9 Å². The van der Waals surface area contributed by atoms with Crippen molar-refractivity contribution in [2.24, 2.45) is 7.05 Å². The van der Waals surface area contributed by atoms with Gasteiger partial charge in [0, 0.05) is 12.1 Å². The van der Waals surface area contributed by atoms with E-state index < -0.39 is 0 Å². The van der Waals surface area contributed by atoms with Crippen molar-refractivity contribution < 1.29 is 4.57 Å². The molecule has 0 saturated carbocycles. The maximum absolute atomic E-state index is 10.9. The molecular formula is C9H9N2O+. The predicted octanol–water partition coefficient (Wildman–Crippen LogP) is 0.353. The average molecular weight is 161 g/mol. The zero-order chi connectivity index (χ0) is 8.55. The Labute approximate surface area is 69.3 Å². The Morgan fingerprint density at radius 2 is 2.17 bits per heavy atom. The lowest BCUT2D eigenvalue weighted by molar-refractivity contribution is -0.670. The van der Waals surface area contributed by atoms with Crippen LogP contribution < -0.4 is 10.1 Å². The van der Waals surface area contributed by atoms with E-state index in [4.69, 9.17) is 0 Å². The molecular weight excluding hydrogens is 152 g/mol. The van der Waals surface area contributed by atoms with Crippen molar-refractivity contribution in [2.75, 3.05) is 0 Å². The molecule has 3 nitrogen and oxygen atoms in total. The minimum atomic E-state index is -0.0589. The molecule has 0 spiro atoms. The van der Waals surface area contributed by atoms with Crippen molar-refractivity contribution in [1.82, 2.24) is 4.98 Å². The van der Waals surface area contributed by atoms with Crippen LogP contribution in [0.1, 0.15) is 0 Å². The number of H-pyrrole nitrogens is 1. The molecule has 0 aliphatic carbocycles. The molecule has 0 fully saturated rings. The highest BCUT2D eigenvalue weighted by Crippen LogP contribution is 2.03. The van der Waals surface area contributed by atoms with Gasteiger partial charge in [0.05, 0.1) is 10.9 Å². The first-order valence-electron chi connectivity index (χ1n) is 3.74. The van der Waals surface area contributed by atoms with E-state index in [1.807, 2.05) is 36.1 Å². The van der Waals surface area contributed by atoms with Crippen LogP contribution in [0.25, 0.3) is 10.9 Å². The molecule has 3 heteroatoms. The highest BCUT2D eigenvalue weighted by molar-refractivity contribution is 5.75. The monoisotopic (exact) mass is 161 g/mol. The lowest BCUT2D eigenvalue weighted by Gasteiger charge is -1.92. The molecule has 0 saturated heterocycles. The quantitative estimate of drug-likeness (QED) is 0.556. The van der Waals surface area contributed by atoms with E-state index in [1.165, 1.54) is 6.07 Å². The summed E-state index contributed by atoms with van der Waals surface area (Å²) >= 11 is 0. The highest BCUT2D eigenvalue weighted by Gasteiger charge is 1.97. The van der Waals surface area contributed by atoms with Gasteiger partial charge in [-0.15, -0.1) is 0 Å². The molecule has 2 aromatic heterocycles. The number of nitrogens with zero attached hydrogens (tertiary/aromatic N) is 1. The molecule has 0 radical (unpaired) electrons. The zero-order valence-corrected chi connectivity index (χ0v) is 6.74. The molecule has 1 N–H and O–H groups in total. The molecule has 60 valence electrons. The molecule has 12 heavy (non-hydrogen) atoms. The predicted molar refractivity (Wildman–Crippen MR) is 45.7 cm³/mol. The van der Waals surface area contributed by atoms with E-state index in [0.29, 0.717) is 0 Å². The second-order valence-corrected chi connectivity index (χ2v) is 2.80. The largest absolute Gasteiger partial charge is 0.322 e. The number of aryl methyl sites for hydroxylation is 1. The second-order valence-electron chi connectivity index (χ2n) is 2.80. The topological polar surface area (TPSA) is 36.7 Å². The molecule has 0 unspecified atom stereocenters. The Morgan fingerprint density at radius 1 is 1.33 bits per heavy atom. The third-order valence-corrected chi connectivity index (χ3v) is 1.80. The number of rotatable bonds is 0. The summed E-state index contributed by atoms with van der Waals surface area (Å²) in [6, 6.07) is 5.23. The van der Waals surface area contributed by atoms with E-state index in [2.05, 4.69) is 4.98 Å². The van der Waals surface area contributed by atoms with E-state index >= 15 is 0 Å². The summed E-state index contributed by atoms with van der Waals surface area (Å²) in [4.78, 5) is 13.7. The van der Waals surface area contributed by atoms with Crippen LogP contribution in [0.3, 0.4) is 0 Å². The highest BCUT2D eigenvalue weighted by atomic mass is 16.1. The van der Waals surface area contributed by atoms with Gasteiger partial charge >= 0.3 is 0 Å². The van der Waals surface area contributed by atoms with Gasteiger partial charge < -0.3 is 4.98 Å². The number of nitrogens with one attached hydrogen (secondary N) is 1. The number of fused-ring (bicyclic) bond motifs is 1. The maximum atomic E-state index is 10.9. The van der Waals surface area contributed by atoms with Crippen molar-refractivity contribution in [2.45, 2.75) is 0 Å². The van der Waals surface area contributed by atoms with Gasteiger partial charge in [-0.3, -0.25) is 4.79 Å². The minimum Gasteiger partial charge on any atom is -0.322 e. The minimum absolute atomic E-state index is 0.0589. The van der Waals surface area contributed by atoms with Gasteiger partial charge in [-0.2, -0.15) is 0 Å². The summed E-state index contributed by atoms with van der Waals surface area (Å²) in [5.41, 5.74) is 0.817. The van der Waals surface area contributed by atoms with E-state index in [1.54, 1.807) is 0 Å². The first-order chi connectivity index (χ1) is 5.75. The van der Waals surface area contributed by atoms with Crippen LogP contribution in [0.4, 0.5) is 0 Å². The van der Waals surface area contributed by atoms with Crippen molar-refractivity contribution in [3.8, 4) is 0 Å². The maximum Gasteiger partial charge on any atom is 0.248 e. The van der Waals surface area contributed by atoms with Gasteiger partial charge in [0.25, 0.3) is 0 Å². The Hall–Kier alpha value is -1.64. The van der Waals surface area contributed by atoms with Crippen LogP contribution in [0.5, 0.6) is 0 Å². The molecule has 0 aliphatic rings. The van der Waals surface area contributed by atoms with E-state index in [0.717, 1.165) is 10.9 Å². The van der Waals surface area contributed by atoms with Gasteiger partial charge in [-0.25, -0.2) is 4.57 Å². The first kappa shape index (κ1) is 7.03. The number of aromatic amines is 1. The van der Waals surface area contributed by atoms with Gasteiger partial charge in [0.15, 0.2) is 12.4 Å². The van der Waals surface area contributed by atoms with Crippen LogP contribution >= 0.6 is 0 Å². The lowest BCUT2D eigenvalue weighted by Crippen LogP contribution is -2.26. The Kier molecular flexibility index (Phi) is 1.43. The smallest absolute Gasteiger partial charge is 0.248 e. The third-order valence-electron chi connectivity index (χ3n) is 1.80. The molecule has 0 aromatic carbocycles. The van der Waals surface area contributed by atoms with Gasteiger partial charge in [-0.1, -0.05) is 0 Å². The van der Waals surface area contributed by atoms with Crippen LogP contribution in [-0.4, -0.2) is 4.98 Å². The molecule has 2 heterocycles. The van der Waals surface area contributed by atoms with Crippen molar-refractivity contribution in [3.05, 3.63) is 40.9 Å². The molecule has 2 rings (SSSR count). The molecule has 0 aliphatic heterocycles. The average Bonchev–Trinajstić information content (AvgIpc) is 2.05. The normalized spacial score (nSPS) is 10.4. The van der Waals surface area contributed by atoms with Crippen LogP contribution in [0.2, 0.25) is 0 Å². The molecule has 0 atom stereocenters. The zero-order valence-electron chi connectivity index (χ0n) is 6.74. The first-order valence-corrected chi connectivity index (χ1v) is 3.74. The summed E-state index contributed by atoms with van der Waals surface area (Å²) in [6.45, 7) is 0. The molecule has 2 aromatic rings. The number of aromatic nitrogens is 2. The fraction of sp³-hybridized carbons (Fsp3) is 0.111. The summed E-state index contributed by atoms with van der Waals surface area (Å²) in [5, 5.41) is 1.04. The van der Waals surface area contributed by atoms with Gasteiger partial charge in [-0.05, 0) is 6.07 Å². The number of hydrogen-bond acceptors (Lipinski definition) is 1. The summed E-state index contributed by atoms with van der Waals surface area (Å²) in [7, 11) is 1.95. The Bertz CT molecular complexity index is 473. The lowest BCUT2D eigenvalue weighted by atomic mass is 10.3. The fourth-order valence-corrected chi connectivity index (χ4v) is 1.21. The summed E-state index contributed by atoms with van der Waals surface area (Å²) in [6.07, 6.45) is 3.86. The SMILES string of the molecule is C[n+]1ccc2[nH]c(=O)ccc2c1.